The minimum absolute atomic E-state index is 0.102. The zero-order valence-corrected chi connectivity index (χ0v) is 21.3. The Balaban J connectivity index is 2.12. The molecule has 0 bridgehead atoms. The second-order valence-corrected chi connectivity index (χ2v) is 8.96. The third-order valence-electron chi connectivity index (χ3n) is 6.41. The van der Waals surface area contributed by atoms with Gasteiger partial charge in [0, 0.05) is 13.1 Å². The quantitative estimate of drug-likeness (QED) is 0.362. The average Bonchev–Trinajstić information content (AvgIpc) is 3.28. The van der Waals surface area contributed by atoms with Crippen LogP contribution in [0.2, 0.25) is 0 Å². The number of nitrogens with zero attached hydrogens (tertiary/aromatic N) is 5. The van der Waals surface area contributed by atoms with Gasteiger partial charge < -0.3 is 9.84 Å². The molecule has 1 aromatic carbocycles. The summed E-state index contributed by atoms with van der Waals surface area (Å²) < 4.78 is 10.7. The van der Waals surface area contributed by atoms with E-state index in [1.54, 1.807) is 19.2 Å². The number of aromatic nitrogens is 5. The van der Waals surface area contributed by atoms with Crippen molar-refractivity contribution >= 4 is 16.9 Å². The van der Waals surface area contributed by atoms with E-state index in [1.807, 2.05) is 32.9 Å². The molecule has 10 heteroatoms. The van der Waals surface area contributed by atoms with Gasteiger partial charge in [0.05, 0.1) is 19.2 Å². The first-order valence-electron chi connectivity index (χ1n) is 12.5. The highest BCUT2D eigenvalue weighted by molar-refractivity contribution is 5.76. The molecule has 3 heterocycles. The van der Waals surface area contributed by atoms with Crippen molar-refractivity contribution in [3.05, 3.63) is 66.6 Å². The third kappa shape index (κ3) is 4.20. The maximum atomic E-state index is 13.6. The van der Waals surface area contributed by atoms with E-state index in [0.717, 1.165) is 12.0 Å². The number of hydrogen-bond acceptors (Lipinski definition) is 6. The number of methoxy groups -OCH3 is 1. The molecule has 4 rings (SSSR count). The number of benzene rings is 1. The first kappa shape index (κ1) is 25.3. The standard InChI is InChI=1S/C26H33N5O5/c1-5-8-9-19-22(32)30(16-17-10-12-18(36-4)13-11-17)25-27-21-20(31(25)23(19)33)24(34)29(15-7-3)26(35)28(21)14-6-2/h10-13,33H,5-9,14-16H2,1-4H3. The Morgan fingerprint density at radius 1 is 0.889 bits per heavy atom. The topological polar surface area (TPSA) is 113 Å². The summed E-state index contributed by atoms with van der Waals surface area (Å²) in [6.07, 6.45) is 3.14. The Labute approximate surface area is 208 Å². The minimum atomic E-state index is -0.525. The van der Waals surface area contributed by atoms with Crippen LogP contribution in [0.4, 0.5) is 0 Å². The largest absolute Gasteiger partial charge is 0.497 e. The van der Waals surface area contributed by atoms with Crippen LogP contribution in [-0.4, -0.2) is 35.3 Å². The Hall–Kier alpha value is -3.82. The van der Waals surface area contributed by atoms with Crippen LogP contribution in [0, 0.1) is 0 Å². The second-order valence-electron chi connectivity index (χ2n) is 8.96. The van der Waals surface area contributed by atoms with Crippen molar-refractivity contribution in [2.45, 2.75) is 72.5 Å². The predicted molar refractivity (Wildman–Crippen MR) is 138 cm³/mol. The molecule has 0 fully saturated rings. The molecule has 0 aliphatic heterocycles. The molecule has 10 nitrogen and oxygen atoms in total. The minimum Gasteiger partial charge on any atom is -0.497 e. The summed E-state index contributed by atoms with van der Waals surface area (Å²) in [4.78, 5) is 45.0. The van der Waals surface area contributed by atoms with Gasteiger partial charge in [0.25, 0.3) is 11.1 Å². The molecule has 0 atom stereocenters. The fourth-order valence-electron chi connectivity index (χ4n) is 4.57. The van der Waals surface area contributed by atoms with E-state index in [9.17, 15) is 19.5 Å². The van der Waals surface area contributed by atoms with Gasteiger partial charge in [-0.1, -0.05) is 39.3 Å². The monoisotopic (exact) mass is 495 g/mol. The van der Waals surface area contributed by atoms with Crippen molar-refractivity contribution in [3.8, 4) is 11.6 Å². The highest BCUT2D eigenvalue weighted by atomic mass is 16.5. The van der Waals surface area contributed by atoms with Crippen LogP contribution in [0.5, 0.6) is 11.6 Å². The van der Waals surface area contributed by atoms with Crippen LogP contribution < -0.4 is 21.5 Å². The summed E-state index contributed by atoms with van der Waals surface area (Å²) in [5.74, 6) is 0.523. The number of fused-ring (bicyclic) bond motifs is 3. The molecule has 1 N–H and O–H groups in total. The molecule has 36 heavy (non-hydrogen) atoms. The molecule has 192 valence electrons. The molecule has 0 aliphatic carbocycles. The number of imidazole rings is 1. The molecular formula is C26H33N5O5. The average molecular weight is 496 g/mol. The van der Waals surface area contributed by atoms with Gasteiger partial charge in [-0.25, -0.2) is 9.20 Å². The maximum Gasteiger partial charge on any atom is 0.332 e. The van der Waals surface area contributed by atoms with Crippen LogP contribution in [0.1, 0.15) is 57.6 Å². The van der Waals surface area contributed by atoms with Gasteiger partial charge in [0.2, 0.25) is 11.7 Å². The molecule has 3 aromatic heterocycles. The molecule has 4 aromatic rings. The summed E-state index contributed by atoms with van der Waals surface area (Å²) >= 11 is 0. The Morgan fingerprint density at radius 3 is 2.17 bits per heavy atom. The van der Waals surface area contributed by atoms with Crippen molar-refractivity contribution < 1.29 is 9.84 Å². The van der Waals surface area contributed by atoms with Gasteiger partial charge in [-0.05, 0) is 43.4 Å². The molecule has 0 saturated heterocycles. The molecule has 0 radical (unpaired) electrons. The van der Waals surface area contributed by atoms with Crippen molar-refractivity contribution in [1.29, 1.82) is 0 Å². The van der Waals surface area contributed by atoms with Crippen molar-refractivity contribution in [1.82, 2.24) is 23.1 Å². The number of unbranched alkanes of at least 4 members (excludes halogenated alkanes) is 1. The number of rotatable bonds is 10. The first-order valence-corrected chi connectivity index (χ1v) is 12.5. The van der Waals surface area contributed by atoms with Gasteiger partial charge >= 0.3 is 5.69 Å². The van der Waals surface area contributed by atoms with E-state index in [2.05, 4.69) is 4.98 Å². The van der Waals surface area contributed by atoms with Gasteiger partial charge in [-0.15, -0.1) is 0 Å². The lowest BCUT2D eigenvalue weighted by Crippen LogP contribution is -2.40. The van der Waals surface area contributed by atoms with Crippen molar-refractivity contribution in [2.75, 3.05) is 7.11 Å². The fourth-order valence-corrected chi connectivity index (χ4v) is 4.57. The number of aryl methyl sites for hydroxylation is 1. The zero-order valence-electron chi connectivity index (χ0n) is 21.3. The normalized spacial score (nSPS) is 11.6. The van der Waals surface area contributed by atoms with Crippen LogP contribution in [-0.2, 0) is 26.1 Å². The van der Waals surface area contributed by atoms with E-state index < -0.39 is 11.2 Å². The Bertz CT molecular complexity index is 1570. The molecule has 0 unspecified atom stereocenters. The molecular weight excluding hydrogens is 462 g/mol. The predicted octanol–water partition coefficient (Wildman–Crippen LogP) is 2.90. The van der Waals surface area contributed by atoms with Crippen LogP contribution in [0.25, 0.3) is 16.9 Å². The van der Waals surface area contributed by atoms with Crippen LogP contribution in [0.15, 0.2) is 38.6 Å². The SMILES string of the molecule is CCCCc1c(O)n2c3c(=O)n(CCC)c(=O)n(CCC)c3nc2n(Cc2ccc(OC)cc2)c1=O. The summed E-state index contributed by atoms with van der Waals surface area (Å²) in [5, 5.41) is 11.3. The lowest BCUT2D eigenvalue weighted by Gasteiger charge is -2.14. The van der Waals surface area contributed by atoms with Crippen LogP contribution >= 0.6 is 0 Å². The lowest BCUT2D eigenvalue weighted by atomic mass is 10.1. The Morgan fingerprint density at radius 2 is 1.56 bits per heavy atom. The van der Waals surface area contributed by atoms with Gasteiger partial charge in [0.15, 0.2) is 11.2 Å². The lowest BCUT2D eigenvalue weighted by molar-refractivity contribution is 0.414. The van der Waals surface area contributed by atoms with E-state index in [0.29, 0.717) is 38.0 Å². The maximum absolute atomic E-state index is 13.6. The van der Waals surface area contributed by atoms with Crippen LogP contribution in [0.3, 0.4) is 0 Å². The van der Waals surface area contributed by atoms with Gasteiger partial charge in [0.1, 0.15) is 5.75 Å². The van der Waals surface area contributed by atoms with E-state index >= 15 is 0 Å². The van der Waals surface area contributed by atoms with Gasteiger partial charge in [-0.3, -0.25) is 23.3 Å². The highest BCUT2D eigenvalue weighted by Crippen LogP contribution is 2.24. The zero-order chi connectivity index (χ0) is 26.0. The smallest absolute Gasteiger partial charge is 0.332 e. The number of ether oxygens (including phenoxy) is 1. The highest BCUT2D eigenvalue weighted by Gasteiger charge is 2.25. The molecule has 0 spiro atoms. The van der Waals surface area contributed by atoms with Gasteiger partial charge in [-0.2, -0.15) is 4.98 Å². The summed E-state index contributed by atoms with van der Waals surface area (Å²) in [6.45, 7) is 6.61. The molecule has 0 amide bonds. The second kappa shape index (κ2) is 10.4. The fraction of sp³-hybridized carbons (Fsp3) is 0.462. The summed E-state index contributed by atoms with van der Waals surface area (Å²) in [7, 11) is 1.58. The molecule has 0 saturated carbocycles. The Kier molecular flexibility index (Phi) is 7.32. The third-order valence-corrected chi connectivity index (χ3v) is 6.41. The summed E-state index contributed by atoms with van der Waals surface area (Å²) in [5.41, 5.74) is 0.00530. The number of hydrogen-bond donors (Lipinski definition) is 1. The van der Waals surface area contributed by atoms with E-state index in [1.165, 1.54) is 18.1 Å². The van der Waals surface area contributed by atoms with E-state index in [4.69, 9.17) is 4.74 Å². The first-order chi connectivity index (χ1) is 17.4. The van der Waals surface area contributed by atoms with Crippen molar-refractivity contribution in [3.63, 3.8) is 0 Å². The molecule has 0 aliphatic rings. The van der Waals surface area contributed by atoms with Crippen molar-refractivity contribution in [2.24, 2.45) is 0 Å². The number of aromatic hydroxyl groups is 1. The van der Waals surface area contributed by atoms with E-state index in [-0.39, 0.29) is 47.0 Å². The summed E-state index contributed by atoms with van der Waals surface area (Å²) in [6, 6.07) is 7.31.